The van der Waals surface area contributed by atoms with Crippen LogP contribution in [0.3, 0.4) is 0 Å². The highest BCUT2D eigenvalue weighted by molar-refractivity contribution is 7.94. The second-order valence-corrected chi connectivity index (χ2v) is 7.72. The molecule has 1 aliphatic rings. The molecule has 0 spiro atoms. The molecule has 1 saturated carbocycles. The minimum atomic E-state index is -3.33. The van der Waals surface area contributed by atoms with Gasteiger partial charge in [0.2, 0.25) is 10.0 Å². The molecule has 6 heteroatoms. The fraction of sp³-hybridized carbons (Fsp3) is 0.308. The first-order valence-electron chi connectivity index (χ1n) is 5.97. The van der Waals surface area contributed by atoms with Crippen LogP contribution in [-0.4, -0.2) is 18.1 Å². The number of pyridine rings is 1. The summed E-state index contributed by atoms with van der Waals surface area (Å²) in [5, 5.41) is 2.18. The summed E-state index contributed by atoms with van der Waals surface area (Å²) in [7, 11) is -3.33. The van der Waals surface area contributed by atoms with Gasteiger partial charge in [0.25, 0.3) is 0 Å². The summed E-state index contributed by atoms with van der Waals surface area (Å²) in [5.41, 5.74) is 0.536. The smallest absolute Gasteiger partial charge is 0.238 e. The Hall–Kier alpha value is -1.33. The highest BCUT2D eigenvalue weighted by Crippen LogP contribution is 2.43. The molecule has 1 aromatic carbocycles. The molecule has 0 saturated heterocycles. The lowest BCUT2D eigenvalue weighted by Crippen LogP contribution is -2.26. The van der Waals surface area contributed by atoms with Crippen LogP contribution >= 0.6 is 11.6 Å². The Labute approximate surface area is 116 Å². The number of rotatable bonds is 3. The molecular formula is C13H13ClN2O2S. The summed E-state index contributed by atoms with van der Waals surface area (Å²) in [6, 6.07) is 5.27. The maximum absolute atomic E-state index is 12.1. The predicted molar refractivity (Wildman–Crippen MR) is 76.9 cm³/mol. The number of benzene rings is 1. The van der Waals surface area contributed by atoms with Gasteiger partial charge < -0.3 is 0 Å². The van der Waals surface area contributed by atoms with Gasteiger partial charge in [-0.15, -0.1) is 0 Å². The first kappa shape index (κ1) is 12.7. The third-order valence-corrected chi connectivity index (χ3v) is 6.08. The molecule has 0 radical (unpaired) electrons. The summed E-state index contributed by atoms with van der Waals surface area (Å²) in [6.07, 6.45) is 4.66. The number of nitrogens with zero attached hydrogens (tertiary/aromatic N) is 1. The molecule has 1 aromatic heterocycles. The van der Waals surface area contributed by atoms with Gasteiger partial charge in [-0.2, -0.15) is 0 Å². The topological polar surface area (TPSA) is 59.1 Å². The summed E-state index contributed by atoms with van der Waals surface area (Å²) in [4.78, 5) is 4.00. The highest BCUT2D eigenvalue weighted by atomic mass is 35.5. The number of hydrogen-bond acceptors (Lipinski definition) is 3. The van der Waals surface area contributed by atoms with Crippen LogP contribution < -0.4 is 4.72 Å². The van der Waals surface area contributed by atoms with E-state index in [9.17, 15) is 8.42 Å². The normalized spacial score (nSPS) is 17.4. The average molecular weight is 297 g/mol. The third-order valence-electron chi connectivity index (χ3n) is 3.57. The molecule has 0 amide bonds. The van der Waals surface area contributed by atoms with Gasteiger partial charge >= 0.3 is 0 Å². The van der Waals surface area contributed by atoms with Crippen molar-refractivity contribution in [2.75, 3.05) is 4.72 Å². The minimum Gasteiger partial charge on any atom is -0.283 e. The SMILES string of the molecule is CC1(S(=O)(=O)Nc2ccc3cncc(Cl)c3c2)CC1. The van der Waals surface area contributed by atoms with Crippen molar-refractivity contribution >= 4 is 38.1 Å². The van der Waals surface area contributed by atoms with E-state index in [1.54, 1.807) is 37.5 Å². The van der Waals surface area contributed by atoms with E-state index in [-0.39, 0.29) is 0 Å². The zero-order valence-corrected chi connectivity index (χ0v) is 11.9. The molecule has 100 valence electrons. The number of aromatic nitrogens is 1. The van der Waals surface area contributed by atoms with Gasteiger partial charge in [-0.05, 0) is 31.9 Å². The third kappa shape index (κ3) is 2.17. The molecule has 0 bridgehead atoms. The molecule has 2 aromatic rings. The summed E-state index contributed by atoms with van der Waals surface area (Å²) in [6.45, 7) is 1.76. The molecule has 1 aliphatic carbocycles. The van der Waals surface area contributed by atoms with Gasteiger partial charge in [0.15, 0.2) is 0 Å². The van der Waals surface area contributed by atoms with Crippen molar-refractivity contribution in [3.63, 3.8) is 0 Å². The van der Waals surface area contributed by atoms with E-state index in [2.05, 4.69) is 9.71 Å². The number of anilines is 1. The average Bonchev–Trinajstić information content (AvgIpc) is 3.10. The maximum Gasteiger partial charge on any atom is 0.238 e. The Morgan fingerprint density at radius 1 is 1.32 bits per heavy atom. The van der Waals surface area contributed by atoms with Gasteiger partial charge in [0.1, 0.15) is 0 Å². The van der Waals surface area contributed by atoms with Crippen molar-refractivity contribution in [2.24, 2.45) is 0 Å². The Kier molecular flexibility index (Phi) is 2.73. The first-order valence-corrected chi connectivity index (χ1v) is 7.83. The van der Waals surface area contributed by atoms with Crippen molar-refractivity contribution in [3.8, 4) is 0 Å². The minimum absolute atomic E-state index is 0.510. The Morgan fingerprint density at radius 2 is 2.05 bits per heavy atom. The molecular weight excluding hydrogens is 284 g/mol. The lowest BCUT2D eigenvalue weighted by atomic mass is 10.1. The van der Waals surface area contributed by atoms with Crippen LogP contribution in [0.5, 0.6) is 0 Å². The second-order valence-electron chi connectivity index (χ2n) is 5.11. The van der Waals surface area contributed by atoms with Crippen LogP contribution in [0.4, 0.5) is 5.69 Å². The maximum atomic E-state index is 12.1. The van der Waals surface area contributed by atoms with Crippen molar-refractivity contribution in [1.29, 1.82) is 0 Å². The van der Waals surface area contributed by atoms with Gasteiger partial charge in [0.05, 0.1) is 9.77 Å². The standard InChI is InChI=1S/C13H13ClN2O2S/c1-13(4-5-13)19(17,18)16-10-3-2-9-7-15-8-12(14)11(9)6-10/h2-3,6-8,16H,4-5H2,1H3. The van der Waals surface area contributed by atoms with Gasteiger partial charge in [-0.1, -0.05) is 17.7 Å². The first-order chi connectivity index (χ1) is 8.91. The van der Waals surface area contributed by atoms with Crippen molar-refractivity contribution in [1.82, 2.24) is 4.98 Å². The van der Waals surface area contributed by atoms with E-state index in [4.69, 9.17) is 11.6 Å². The van der Waals surface area contributed by atoms with Crippen molar-refractivity contribution in [3.05, 3.63) is 35.6 Å². The summed E-state index contributed by atoms with van der Waals surface area (Å²) >= 11 is 6.06. The van der Waals surface area contributed by atoms with E-state index >= 15 is 0 Å². The fourth-order valence-corrected chi connectivity index (χ4v) is 3.46. The number of sulfonamides is 1. The largest absolute Gasteiger partial charge is 0.283 e. The van der Waals surface area contributed by atoms with E-state index in [0.717, 1.165) is 10.8 Å². The van der Waals surface area contributed by atoms with Crippen molar-refractivity contribution < 1.29 is 8.42 Å². The van der Waals surface area contributed by atoms with E-state index in [0.29, 0.717) is 23.6 Å². The van der Waals surface area contributed by atoms with Gasteiger partial charge in [-0.3, -0.25) is 9.71 Å². The molecule has 1 heterocycles. The fourth-order valence-electron chi connectivity index (χ4n) is 1.91. The number of hydrogen-bond donors (Lipinski definition) is 1. The number of halogens is 1. The van der Waals surface area contributed by atoms with Crippen LogP contribution in [0.2, 0.25) is 5.02 Å². The van der Waals surface area contributed by atoms with Crippen LogP contribution in [0.25, 0.3) is 10.8 Å². The lowest BCUT2D eigenvalue weighted by Gasteiger charge is -2.13. The molecule has 1 fully saturated rings. The Bertz CT molecular complexity index is 754. The molecule has 3 rings (SSSR count). The monoisotopic (exact) mass is 296 g/mol. The number of nitrogens with one attached hydrogen (secondary N) is 1. The summed E-state index contributed by atoms with van der Waals surface area (Å²) in [5.74, 6) is 0. The molecule has 1 N–H and O–H groups in total. The van der Waals surface area contributed by atoms with E-state index in [1.165, 1.54) is 0 Å². The predicted octanol–water partition coefficient (Wildman–Crippen LogP) is 3.18. The van der Waals surface area contributed by atoms with Crippen LogP contribution in [-0.2, 0) is 10.0 Å². The second kappa shape index (κ2) is 4.08. The Balaban J connectivity index is 2.01. The molecule has 0 atom stereocenters. The molecule has 19 heavy (non-hydrogen) atoms. The van der Waals surface area contributed by atoms with Crippen LogP contribution in [0.15, 0.2) is 30.6 Å². The van der Waals surface area contributed by atoms with E-state index < -0.39 is 14.8 Å². The zero-order chi connectivity index (χ0) is 13.7. The molecule has 4 nitrogen and oxygen atoms in total. The molecule has 0 aliphatic heterocycles. The van der Waals surface area contributed by atoms with Crippen molar-refractivity contribution in [2.45, 2.75) is 24.5 Å². The number of fused-ring (bicyclic) bond motifs is 1. The zero-order valence-electron chi connectivity index (χ0n) is 10.4. The molecule has 0 unspecified atom stereocenters. The highest BCUT2D eigenvalue weighted by Gasteiger charge is 2.50. The van der Waals surface area contributed by atoms with Crippen LogP contribution in [0.1, 0.15) is 19.8 Å². The lowest BCUT2D eigenvalue weighted by molar-refractivity contribution is 0.587. The van der Waals surface area contributed by atoms with Crippen LogP contribution in [0, 0.1) is 0 Å². The Morgan fingerprint density at radius 3 is 2.74 bits per heavy atom. The quantitative estimate of drug-likeness (QED) is 0.946. The summed E-state index contributed by atoms with van der Waals surface area (Å²) < 4.78 is 26.3. The van der Waals surface area contributed by atoms with Gasteiger partial charge in [0, 0.05) is 28.9 Å². The van der Waals surface area contributed by atoms with E-state index in [1.807, 2.05) is 0 Å². The van der Waals surface area contributed by atoms with Gasteiger partial charge in [-0.25, -0.2) is 8.42 Å².